The number of benzene rings is 1. The lowest BCUT2D eigenvalue weighted by molar-refractivity contribution is 0.396. The van der Waals surface area contributed by atoms with E-state index in [1.165, 1.54) is 0 Å². The van der Waals surface area contributed by atoms with Gasteiger partial charge in [-0.3, -0.25) is 4.99 Å². The lowest BCUT2D eigenvalue weighted by atomic mass is 10.2. The first-order valence-corrected chi connectivity index (χ1v) is 7.97. The number of hydrogen-bond donors (Lipinski definition) is 1. The Morgan fingerprint density at radius 3 is 2.67 bits per heavy atom. The molecule has 0 spiro atoms. The van der Waals surface area contributed by atoms with E-state index in [2.05, 4.69) is 34.5 Å². The summed E-state index contributed by atoms with van der Waals surface area (Å²) in [5.74, 6) is 1.81. The topological polar surface area (TPSA) is 36.9 Å². The van der Waals surface area contributed by atoms with Crippen molar-refractivity contribution in [1.29, 1.82) is 0 Å². The summed E-state index contributed by atoms with van der Waals surface area (Å²) in [6.45, 7) is 3.87. The van der Waals surface area contributed by atoms with Crippen LogP contribution in [0.5, 0.6) is 5.75 Å². The molecule has 0 aliphatic heterocycles. The molecule has 1 N–H and O–H groups in total. The van der Waals surface area contributed by atoms with Gasteiger partial charge in [0.25, 0.3) is 0 Å². The van der Waals surface area contributed by atoms with Crippen LogP contribution in [-0.4, -0.2) is 50.1 Å². The van der Waals surface area contributed by atoms with Crippen molar-refractivity contribution in [2.45, 2.75) is 18.7 Å². The van der Waals surface area contributed by atoms with Gasteiger partial charge in [-0.1, -0.05) is 25.1 Å². The van der Waals surface area contributed by atoms with Gasteiger partial charge in [-0.15, -0.1) is 24.0 Å². The fourth-order valence-electron chi connectivity index (χ4n) is 1.87. The number of aliphatic imine (C=N–C) groups is 1. The molecule has 0 fully saturated rings. The minimum Gasteiger partial charge on any atom is -0.496 e. The van der Waals surface area contributed by atoms with Gasteiger partial charge in [-0.05, 0) is 12.3 Å². The van der Waals surface area contributed by atoms with E-state index >= 15 is 0 Å². The van der Waals surface area contributed by atoms with Crippen LogP contribution in [0.3, 0.4) is 0 Å². The normalized spacial score (nSPS) is 12.3. The molecule has 1 atom stereocenters. The molecule has 6 heteroatoms. The smallest absolute Gasteiger partial charge is 0.193 e. The van der Waals surface area contributed by atoms with Gasteiger partial charge in [-0.2, -0.15) is 11.8 Å². The largest absolute Gasteiger partial charge is 0.496 e. The van der Waals surface area contributed by atoms with Gasteiger partial charge in [-0.25, -0.2) is 0 Å². The maximum absolute atomic E-state index is 5.38. The van der Waals surface area contributed by atoms with E-state index in [9.17, 15) is 0 Å². The van der Waals surface area contributed by atoms with Crippen LogP contribution in [0.1, 0.15) is 12.5 Å². The molecule has 0 amide bonds. The molecule has 120 valence electrons. The van der Waals surface area contributed by atoms with Gasteiger partial charge in [0, 0.05) is 38.0 Å². The van der Waals surface area contributed by atoms with Crippen LogP contribution >= 0.6 is 35.7 Å². The number of hydrogen-bond acceptors (Lipinski definition) is 3. The molecule has 0 radical (unpaired) electrons. The fourth-order valence-corrected chi connectivity index (χ4v) is 2.12. The Morgan fingerprint density at radius 2 is 2.10 bits per heavy atom. The number of guanidine groups is 1. The quantitative estimate of drug-likeness (QED) is 0.434. The minimum absolute atomic E-state index is 0. The van der Waals surface area contributed by atoms with Crippen molar-refractivity contribution in [3.05, 3.63) is 29.8 Å². The van der Waals surface area contributed by atoms with Gasteiger partial charge in [0.15, 0.2) is 5.96 Å². The third kappa shape index (κ3) is 6.78. The molecule has 1 aromatic rings. The van der Waals surface area contributed by atoms with E-state index in [1.54, 1.807) is 7.11 Å². The Kier molecular flexibility index (Phi) is 10.7. The number of nitrogens with one attached hydrogen (secondary N) is 1. The molecule has 0 bridgehead atoms. The molecule has 4 nitrogen and oxygen atoms in total. The van der Waals surface area contributed by atoms with Crippen molar-refractivity contribution < 1.29 is 4.74 Å². The van der Waals surface area contributed by atoms with Crippen LogP contribution < -0.4 is 10.1 Å². The summed E-state index contributed by atoms with van der Waals surface area (Å²) in [4.78, 5) is 6.43. The lowest BCUT2D eigenvalue weighted by Crippen LogP contribution is -2.40. The average molecular weight is 423 g/mol. The van der Waals surface area contributed by atoms with Crippen molar-refractivity contribution in [2.75, 3.05) is 34.0 Å². The molecule has 0 heterocycles. The molecule has 0 aliphatic carbocycles. The first-order chi connectivity index (χ1) is 9.62. The summed E-state index contributed by atoms with van der Waals surface area (Å²) in [5.41, 5.74) is 1.15. The number of methoxy groups -OCH3 is 1. The maximum Gasteiger partial charge on any atom is 0.193 e. The number of ether oxygens (including phenoxy) is 1. The first-order valence-electron chi connectivity index (χ1n) is 6.68. The van der Waals surface area contributed by atoms with Crippen LogP contribution in [0.4, 0.5) is 0 Å². The molecule has 0 saturated heterocycles. The van der Waals surface area contributed by atoms with Crippen molar-refractivity contribution in [3.8, 4) is 5.75 Å². The summed E-state index contributed by atoms with van der Waals surface area (Å²) in [5, 5.41) is 3.95. The molecule has 0 aliphatic rings. The van der Waals surface area contributed by atoms with E-state index in [1.807, 2.05) is 44.1 Å². The fraction of sp³-hybridized carbons (Fsp3) is 0.533. The molecule has 0 aromatic heterocycles. The van der Waals surface area contributed by atoms with Gasteiger partial charge in [0.05, 0.1) is 7.11 Å². The summed E-state index contributed by atoms with van der Waals surface area (Å²) >= 11 is 1.84. The predicted octanol–water partition coefficient (Wildman–Crippen LogP) is 3.07. The second kappa shape index (κ2) is 11.0. The Balaban J connectivity index is 0.00000400. The van der Waals surface area contributed by atoms with E-state index in [0.29, 0.717) is 5.25 Å². The molecular formula is C15H26IN3OS. The molecule has 21 heavy (non-hydrogen) atoms. The van der Waals surface area contributed by atoms with Crippen LogP contribution in [0.25, 0.3) is 0 Å². The SMILES string of the molecule is CN=C(NCC(C)SC)N(C)Cc1ccccc1OC.I. The third-order valence-corrected chi connectivity index (χ3v) is 4.09. The molecular weight excluding hydrogens is 397 g/mol. The Bertz CT molecular complexity index is 443. The van der Waals surface area contributed by atoms with Crippen LogP contribution in [0, 0.1) is 0 Å². The van der Waals surface area contributed by atoms with E-state index in [4.69, 9.17) is 4.74 Å². The highest BCUT2D eigenvalue weighted by Crippen LogP contribution is 2.18. The van der Waals surface area contributed by atoms with Crippen LogP contribution in [0.15, 0.2) is 29.3 Å². The zero-order valence-corrected chi connectivity index (χ0v) is 16.6. The molecule has 1 rings (SSSR count). The summed E-state index contributed by atoms with van der Waals surface area (Å²) in [7, 11) is 5.54. The van der Waals surface area contributed by atoms with Crippen LogP contribution in [0.2, 0.25) is 0 Å². The Labute approximate surface area is 149 Å². The highest BCUT2D eigenvalue weighted by molar-refractivity contribution is 14.0. The van der Waals surface area contributed by atoms with Crippen molar-refractivity contribution in [1.82, 2.24) is 10.2 Å². The van der Waals surface area contributed by atoms with E-state index in [-0.39, 0.29) is 24.0 Å². The maximum atomic E-state index is 5.38. The number of rotatable bonds is 6. The van der Waals surface area contributed by atoms with E-state index < -0.39 is 0 Å². The number of nitrogens with zero attached hydrogens (tertiary/aromatic N) is 2. The highest BCUT2D eigenvalue weighted by atomic mass is 127. The number of halogens is 1. The number of para-hydroxylation sites is 1. The first kappa shape index (κ1) is 20.4. The summed E-state index contributed by atoms with van der Waals surface area (Å²) in [6.07, 6.45) is 2.12. The summed E-state index contributed by atoms with van der Waals surface area (Å²) in [6, 6.07) is 8.07. The minimum atomic E-state index is 0. The average Bonchev–Trinajstić information content (AvgIpc) is 2.48. The van der Waals surface area contributed by atoms with Gasteiger partial charge < -0.3 is 15.0 Å². The molecule has 1 unspecified atom stereocenters. The zero-order valence-electron chi connectivity index (χ0n) is 13.4. The highest BCUT2D eigenvalue weighted by Gasteiger charge is 2.10. The van der Waals surface area contributed by atoms with Crippen molar-refractivity contribution in [3.63, 3.8) is 0 Å². The van der Waals surface area contributed by atoms with Gasteiger partial charge in [0.1, 0.15) is 5.75 Å². The lowest BCUT2D eigenvalue weighted by Gasteiger charge is -2.24. The molecule has 1 aromatic carbocycles. The Hall–Kier alpha value is -0.630. The monoisotopic (exact) mass is 423 g/mol. The Morgan fingerprint density at radius 1 is 1.43 bits per heavy atom. The second-order valence-electron chi connectivity index (χ2n) is 4.64. The van der Waals surface area contributed by atoms with Gasteiger partial charge in [0.2, 0.25) is 0 Å². The summed E-state index contributed by atoms with van der Waals surface area (Å²) < 4.78 is 5.38. The van der Waals surface area contributed by atoms with Gasteiger partial charge >= 0.3 is 0 Å². The van der Waals surface area contributed by atoms with Crippen LogP contribution in [-0.2, 0) is 6.54 Å². The second-order valence-corrected chi connectivity index (χ2v) is 5.92. The molecule has 0 saturated carbocycles. The van der Waals surface area contributed by atoms with Crippen molar-refractivity contribution in [2.24, 2.45) is 4.99 Å². The van der Waals surface area contributed by atoms with E-state index in [0.717, 1.165) is 30.4 Å². The zero-order chi connectivity index (χ0) is 15.0. The number of thioether (sulfide) groups is 1. The predicted molar refractivity (Wildman–Crippen MR) is 104 cm³/mol. The van der Waals surface area contributed by atoms with Crippen molar-refractivity contribution >= 4 is 41.7 Å². The standard InChI is InChI=1S/C15H25N3OS.HI/c1-12(20-5)10-17-15(16-2)18(3)11-13-8-6-7-9-14(13)19-4;/h6-9,12H,10-11H2,1-5H3,(H,16,17);1H. The third-order valence-electron chi connectivity index (χ3n) is 3.12.